The van der Waals surface area contributed by atoms with Crippen LogP contribution in [0, 0.1) is 0 Å². The number of aliphatic imine (C=N–C) groups is 1. The molecule has 30 heavy (non-hydrogen) atoms. The average molecular weight is 503 g/mol. The molecule has 0 saturated heterocycles. The number of ether oxygens (including phenoxy) is 2. The van der Waals surface area contributed by atoms with Crippen molar-refractivity contribution < 1.29 is 14.3 Å². The summed E-state index contributed by atoms with van der Waals surface area (Å²) in [6.07, 6.45) is 1.67. The van der Waals surface area contributed by atoms with E-state index in [4.69, 9.17) is 32.7 Å². The van der Waals surface area contributed by atoms with Gasteiger partial charge in [0.15, 0.2) is 5.70 Å². The fourth-order valence-electron chi connectivity index (χ4n) is 2.77. The van der Waals surface area contributed by atoms with Crippen LogP contribution in [-0.2, 0) is 16.1 Å². The van der Waals surface area contributed by atoms with Crippen LogP contribution in [0.4, 0.5) is 0 Å². The third kappa shape index (κ3) is 4.93. The van der Waals surface area contributed by atoms with Gasteiger partial charge in [-0.1, -0.05) is 57.3 Å². The first-order valence-corrected chi connectivity index (χ1v) is 10.5. The van der Waals surface area contributed by atoms with Crippen LogP contribution in [0.3, 0.4) is 0 Å². The molecule has 0 atom stereocenters. The van der Waals surface area contributed by atoms with Gasteiger partial charge >= 0.3 is 5.97 Å². The molecule has 150 valence electrons. The minimum Gasteiger partial charge on any atom is -0.489 e. The van der Waals surface area contributed by atoms with Gasteiger partial charge in [0, 0.05) is 10.0 Å². The van der Waals surface area contributed by atoms with Crippen molar-refractivity contribution in [2.45, 2.75) is 6.61 Å². The third-order valence-electron chi connectivity index (χ3n) is 4.26. The molecule has 1 aliphatic heterocycles. The molecule has 0 spiro atoms. The van der Waals surface area contributed by atoms with Crippen LogP contribution in [0.2, 0.25) is 10.0 Å². The van der Waals surface area contributed by atoms with Crippen LogP contribution < -0.4 is 4.74 Å². The molecule has 4 nitrogen and oxygen atoms in total. The van der Waals surface area contributed by atoms with Crippen LogP contribution in [0.1, 0.15) is 16.7 Å². The van der Waals surface area contributed by atoms with E-state index in [2.05, 4.69) is 20.9 Å². The fraction of sp³-hybridized carbons (Fsp3) is 0.0435. The molecule has 0 radical (unpaired) electrons. The second-order valence-corrected chi connectivity index (χ2v) is 8.18. The lowest BCUT2D eigenvalue weighted by Crippen LogP contribution is -2.05. The standard InChI is InChI=1S/C23H14BrCl2NO3/c24-17-7-5-16(6-8-17)22-27-21(23(28)30-22)12-14-2-1-3-18(10-14)29-13-15-4-9-19(25)20(26)11-15/h1-12H,13H2/b21-12-. The largest absolute Gasteiger partial charge is 0.489 e. The predicted octanol–water partition coefficient (Wildman–Crippen LogP) is 6.68. The molecule has 1 aliphatic rings. The molecule has 0 amide bonds. The van der Waals surface area contributed by atoms with Gasteiger partial charge in [-0.2, -0.15) is 0 Å². The van der Waals surface area contributed by atoms with E-state index in [0.29, 0.717) is 22.4 Å². The van der Waals surface area contributed by atoms with E-state index in [-0.39, 0.29) is 11.6 Å². The van der Waals surface area contributed by atoms with Crippen molar-refractivity contribution >= 4 is 57.1 Å². The average Bonchev–Trinajstić information content (AvgIpc) is 3.10. The molecule has 3 aromatic rings. The minimum absolute atomic E-state index is 0.231. The zero-order chi connectivity index (χ0) is 21.1. The predicted molar refractivity (Wildman–Crippen MR) is 122 cm³/mol. The fourth-order valence-corrected chi connectivity index (χ4v) is 3.36. The van der Waals surface area contributed by atoms with E-state index in [9.17, 15) is 4.79 Å². The van der Waals surface area contributed by atoms with Crippen molar-refractivity contribution in [1.82, 2.24) is 0 Å². The van der Waals surface area contributed by atoms with Crippen molar-refractivity contribution in [3.05, 3.63) is 104 Å². The van der Waals surface area contributed by atoms with Gasteiger partial charge in [-0.25, -0.2) is 9.79 Å². The first-order valence-electron chi connectivity index (χ1n) is 8.93. The number of rotatable bonds is 5. The van der Waals surface area contributed by atoms with Crippen molar-refractivity contribution in [3.63, 3.8) is 0 Å². The van der Waals surface area contributed by atoms with Crippen molar-refractivity contribution in [3.8, 4) is 5.75 Å². The number of carbonyl (C=O) groups excluding carboxylic acids is 1. The number of hydrogen-bond acceptors (Lipinski definition) is 4. The Morgan fingerprint density at radius 2 is 1.80 bits per heavy atom. The lowest BCUT2D eigenvalue weighted by atomic mass is 10.2. The Kier molecular flexibility index (Phi) is 6.23. The van der Waals surface area contributed by atoms with Gasteiger partial charge < -0.3 is 9.47 Å². The smallest absolute Gasteiger partial charge is 0.363 e. The summed E-state index contributed by atoms with van der Waals surface area (Å²) >= 11 is 15.4. The molecular formula is C23H14BrCl2NO3. The number of benzene rings is 3. The molecule has 1 heterocycles. The maximum atomic E-state index is 12.2. The summed E-state index contributed by atoms with van der Waals surface area (Å²) in [5.41, 5.74) is 2.63. The Morgan fingerprint density at radius 3 is 2.57 bits per heavy atom. The van der Waals surface area contributed by atoms with E-state index in [1.54, 1.807) is 18.2 Å². The van der Waals surface area contributed by atoms with Crippen molar-refractivity contribution in [2.75, 3.05) is 0 Å². The highest BCUT2D eigenvalue weighted by atomic mass is 79.9. The zero-order valence-electron chi connectivity index (χ0n) is 15.4. The van der Waals surface area contributed by atoms with Gasteiger partial charge in [0.2, 0.25) is 5.90 Å². The van der Waals surface area contributed by atoms with E-state index in [1.165, 1.54) is 0 Å². The van der Waals surface area contributed by atoms with Crippen LogP contribution in [0.15, 0.2) is 81.9 Å². The molecule has 0 aromatic heterocycles. The summed E-state index contributed by atoms with van der Waals surface area (Å²) in [7, 11) is 0. The molecule has 0 saturated carbocycles. The lowest BCUT2D eigenvalue weighted by Gasteiger charge is -2.08. The highest BCUT2D eigenvalue weighted by molar-refractivity contribution is 9.10. The van der Waals surface area contributed by atoms with E-state index in [1.807, 2.05) is 54.6 Å². The number of cyclic esters (lactones) is 1. The van der Waals surface area contributed by atoms with E-state index in [0.717, 1.165) is 21.2 Å². The number of esters is 1. The van der Waals surface area contributed by atoms with Crippen LogP contribution in [0.5, 0.6) is 5.75 Å². The zero-order valence-corrected chi connectivity index (χ0v) is 18.5. The number of hydrogen-bond donors (Lipinski definition) is 0. The van der Waals surface area contributed by atoms with Gasteiger partial charge in [-0.3, -0.25) is 0 Å². The Morgan fingerprint density at radius 1 is 1.00 bits per heavy atom. The van der Waals surface area contributed by atoms with Gasteiger partial charge in [0.25, 0.3) is 0 Å². The van der Waals surface area contributed by atoms with Gasteiger partial charge in [-0.05, 0) is 65.7 Å². The monoisotopic (exact) mass is 501 g/mol. The van der Waals surface area contributed by atoms with Crippen LogP contribution >= 0.6 is 39.1 Å². The summed E-state index contributed by atoms with van der Waals surface area (Å²) in [5.74, 6) is 0.444. The van der Waals surface area contributed by atoms with Crippen molar-refractivity contribution in [2.24, 2.45) is 4.99 Å². The molecule has 4 rings (SSSR count). The highest BCUT2D eigenvalue weighted by Gasteiger charge is 2.24. The van der Waals surface area contributed by atoms with E-state index < -0.39 is 5.97 Å². The van der Waals surface area contributed by atoms with Gasteiger partial charge in [0.1, 0.15) is 12.4 Å². The highest BCUT2D eigenvalue weighted by Crippen LogP contribution is 2.25. The number of carbonyl (C=O) groups is 1. The maximum Gasteiger partial charge on any atom is 0.363 e. The van der Waals surface area contributed by atoms with Gasteiger partial charge in [0.05, 0.1) is 10.0 Å². The molecule has 7 heteroatoms. The SMILES string of the molecule is O=C1OC(c2ccc(Br)cc2)=N/C1=C\c1cccc(OCc2ccc(Cl)c(Cl)c2)c1. The van der Waals surface area contributed by atoms with Gasteiger partial charge in [-0.15, -0.1) is 0 Å². The quantitative estimate of drug-likeness (QED) is 0.289. The Hall–Kier alpha value is -2.60. The molecule has 0 fully saturated rings. The molecule has 0 unspecified atom stereocenters. The second-order valence-electron chi connectivity index (χ2n) is 6.45. The molecule has 0 bridgehead atoms. The summed E-state index contributed by atoms with van der Waals surface area (Å²) in [6.45, 7) is 0.338. The Labute approximate surface area is 191 Å². The molecule has 0 aliphatic carbocycles. The normalized spacial score (nSPS) is 14.6. The van der Waals surface area contributed by atoms with Crippen LogP contribution in [0.25, 0.3) is 6.08 Å². The Bertz CT molecular complexity index is 1170. The maximum absolute atomic E-state index is 12.2. The minimum atomic E-state index is -0.491. The first-order chi connectivity index (χ1) is 14.5. The topological polar surface area (TPSA) is 47.9 Å². The lowest BCUT2D eigenvalue weighted by molar-refractivity contribution is -0.129. The molecule has 3 aromatic carbocycles. The molecule has 0 N–H and O–H groups in total. The summed E-state index contributed by atoms with van der Waals surface area (Å²) < 4.78 is 12.1. The summed E-state index contributed by atoms with van der Waals surface area (Å²) in [4.78, 5) is 16.5. The first kappa shape index (κ1) is 20.7. The van der Waals surface area contributed by atoms with E-state index >= 15 is 0 Å². The van der Waals surface area contributed by atoms with Crippen LogP contribution in [-0.4, -0.2) is 11.9 Å². The number of nitrogens with zero attached hydrogens (tertiary/aromatic N) is 1. The summed E-state index contributed by atoms with van der Waals surface area (Å²) in [5, 5.41) is 0.982. The van der Waals surface area contributed by atoms with Crippen molar-refractivity contribution in [1.29, 1.82) is 0 Å². The second kappa shape index (κ2) is 9.04. The Balaban J connectivity index is 1.50. The summed E-state index contributed by atoms with van der Waals surface area (Å²) in [6, 6.07) is 20.1. The third-order valence-corrected chi connectivity index (χ3v) is 5.53. The molecular weight excluding hydrogens is 489 g/mol. The number of halogens is 3.